The first-order valence-corrected chi connectivity index (χ1v) is 7.30. The molecule has 0 radical (unpaired) electrons. The van der Waals surface area contributed by atoms with E-state index in [1.54, 1.807) is 24.3 Å². The third-order valence-corrected chi connectivity index (χ3v) is 3.65. The molecule has 1 unspecified atom stereocenters. The second kappa shape index (κ2) is 7.04. The molecule has 0 fully saturated rings. The van der Waals surface area contributed by atoms with Gasteiger partial charge in [-0.15, -0.1) is 29.9 Å². The summed E-state index contributed by atoms with van der Waals surface area (Å²) in [5, 5.41) is 8.06. The zero-order valence-electron chi connectivity index (χ0n) is 12.5. The highest BCUT2D eigenvalue weighted by molar-refractivity contribution is 6.16. The van der Waals surface area contributed by atoms with Crippen LogP contribution in [0.1, 0.15) is 24.2 Å². The van der Waals surface area contributed by atoms with E-state index in [-0.39, 0.29) is 17.7 Å². The summed E-state index contributed by atoms with van der Waals surface area (Å²) >= 11 is 5.67. The van der Waals surface area contributed by atoms with E-state index in [1.165, 1.54) is 12.1 Å². The zero-order valence-corrected chi connectivity index (χ0v) is 13.3. The second-order valence-corrected chi connectivity index (χ2v) is 5.19. The van der Waals surface area contributed by atoms with E-state index in [9.17, 15) is 13.2 Å². The molecule has 0 saturated carbocycles. The molecule has 0 N–H and O–H groups in total. The highest BCUT2D eigenvalue weighted by Gasteiger charge is 2.31. The van der Waals surface area contributed by atoms with Gasteiger partial charge in [0.15, 0.2) is 5.82 Å². The predicted octanol–water partition coefficient (Wildman–Crippen LogP) is 4.31. The Kier molecular flexibility index (Phi) is 5.30. The van der Waals surface area contributed by atoms with Gasteiger partial charge in [-0.1, -0.05) is 12.1 Å². The molecule has 0 aliphatic heterocycles. The number of halogens is 4. The summed E-state index contributed by atoms with van der Waals surface area (Å²) in [6.45, 7) is 1.91. The Labute approximate surface area is 136 Å². The number of anilines is 1. The SMILES string of the molecule is CC(c1ccc(OC(F)(F)F)cc1)N(C)c1ccc(CCl)nn1. The van der Waals surface area contributed by atoms with E-state index in [0.717, 1.165) is 5.56 Å². The van der Waals surface area contributed by atoms with Crippen molar-refractivity contribution in [3.63, 3.8) is 0 Å². The average molecular weight is 346 g/mol. The van der Waals surface area contributed by atoms with Crippen LogP contribution in [-0.2, 0) is 5.88 Å². The zero-order chi connectivity index (χ0) is 17.0. The number of ether oxygens (including phenoxy) is 1. The normalized spacial score (nSPS) is 12.8. The van der Waals surface area contributed by atoms with Gasteiger partial charge in [-0.3, -0.25) is 0 Å². The molecule has 4 nitrogen and oxygen atoms in total. The molecule has 0 spiro atoms. The fourth-order valence-corrected chi connectivity index (χ4v) is 2.12. The van der Waals surface area contributed by atoms with Crippen LogP contribution in [0.15, 0.2) is 36.4 Å². The van der Waals surface area contributed by atoms with Crippen LogP contribution in [0.5, 0.6) is 5.75 Å². The Hall–Kier alpha value is -2.02. The number of hydrogen-bond acceptors (Lipinski definition) is 4. The van der Waals surface area contributed by atoms with Crippen LogP contribution in [0.25, 0.3) is 0 Å². The first-order chi connectivity index (χ1) is 10.8. The summed E-state index contributed by atoms with van der Waals surface area (Å²) in [6, 6.07) is 9.21. The molecule has 1 aromatic carbocycles. The molecule has 2 rings (SSSR count). The van der Waals surface area contributed by atoms with Crippen LogP contribution >= 0.6 is 11.6 Å². The van der Waals surface area contributed by atoms with Crippen molar-refractivity contribution in [2.45, 2.75) is 25.2 Å². The number of aromatic nitrogens is 2. The highest BCUT2D eigenvalue weighted by atomic mass is 35.5. The molecule has 23 heavy (non-hydrogen) atoms. The molecule has 1 atom stereocenters. The maximum absolute atomic E-state index is 12.2. The third kappa shape index (κ3) is 4.72. The summed E-state index contributed by atoms with van der Waals surface area (Å²) in [7, 11) is 1.83. The van der Waals surface area contributed by atoms with Crippen molar-refractivity contribution >= 4 is 17.4 Å². The van der Waals surface area contributed by atoms with Crippen molar-refractivity contribution in [2.24, 2.45) is 0 Å². The van der Waals surface area contributed by atoms with Crippen LogP contribution in [0.2, 0.25) is 0 Å². The molecular weight excluding hydrogens is 331 g/mol. The first-order valence-electron chi connectivity index (χ1n) is 6.77. The molecule has 0 bridgehead atoms. The Morgan fingerprint density at radius 3 is 2.26 bits per heavy atom. The lowest BCUT2D eigenvalue weighted by molar-refractivity contribution is -0.274. The highest BCUT2D eigenvalue weighted by Crippen LogP contribution is 2.27. The largest absolute Gasteiger partial charge is 0.573 e. The Morgan fingerprint density at radius 2 is 1.78 bits per heavy atom. The van der Waals surface area contributed by atoms with Gasteiger partial charge in [0.2, 0.25) is 0 Å². The minimum atomic E-state index is -4.69. The lowest BCUT2D eigenvalue weighted by Crippen LogP contribution is -2.23. The van der Waals surface area contributed by atoms with E-state index >= 15 is 0 Å². The minimum absolute atomic E-state index is 0.105. The van der Waals surface area contributed by atoms with Crippen LogP contribution < -0.4 is 9.64 Å². The van der Waals surface area contributed by atoms with Crippen molar-refractivity contribution in [2.75, 3.05) is 11.9 Å². The van der Waals surface area contributed by atoms with Gasteiger partial charge in [0.25, 0.3) is 0 Å². The molecule has 8 heteroatoms. The van der Waals surface area contributed by atoms with Gasteiger partial charge < -0.3 is 9.64 Å². The van der Waals surface area contributed by atoms with Crippen molar-refractivity contribution < 1.29 is 17.9 Å². The Morgan fingerprint density at radius 1 is 1.13 bits per heavy atom. The van der Waals surface area contributed by atoms with Crippen LogP contribution in [0.3, 0.4) is 0 Å². The van der Waals surface area contributed by atoms with Gasteiger partial charge in [-0.2, -0.15) is 5.10 Å². The smallest absolute Gasteiger partial charge is 0.406 e. The van der Waals surface area contributed by atoms with Crippen molar-refractivity contribution in [3.05, 3.63) is 47.7 Å². The fraction of sp³-hybridized carbons (Fsp3) is 0.333. The van der Waals surface area contributed by atoms with E-state index in [0.29, 0.717) is 11.5 Å². The molecule has 0 aliphatic rings. The molecule has 2 aromatic rings. The van der Waals surface area contributed by atoms with Crippen LogP contribution in [0.4, 0.5) is 19.0 Å². The van der Waals surface area contributed by atoms with Crippen molar-refractivity contribution in [3.8, 4) is 5.75 Å². The van der Waals surface area contributed by atoms with E-state index < -0.39 is 6.36 Å². The molecule has 1 heterocycles. The maximum atomic E-state index is 12.2. The van der Waals surface area contributed by atoms with Gasteiger partial charge in [0.1, 0.15) is 5.75 Å². The number of benzene rings is 1. The van der Waals surface area contributed by atoms with Gasteiger partial charge >= 0.3 is 6.36 Å². The molecule has 0 saturated heterocycles. The van der Waals surface area contributed by atoms with Gasteiger partial charge in [-0.05, 0) is 36.8 Å². The molecule has 1 aromatic heterocycles. The lowest BCUT2D eigenvalue weighted by atomic mass is 10.1. The van der Waals surface area contributed by atoms with Gasteiger partial charge in [0, 0.05) is 7.05 Å². The summed E-state index contributed by atoms with van der Waals surface area (Å²) < 4.78 is 40.3. The lowest BCUT2D eigenvalue weighted by Gasteiger charge is -2.26. The van der Waals surface area contributed by atoms with Crippen molar-refractivity contribution in [1.82, 2.24) is 10.2 Å². The van der Waals surface area contributed by atoms with Gasteiger partial charge in [-0.25, -0.2) is 0 Å². The topological polar surface area (TPSA) is 38.2 Å². The fourth-order valence-electron chi connectivity index (χ4n) is 1.98. The third-order valence-electron chi connectivity index (χ3n) is 3.38. The molecule has 124 valence electrons. The quantitative estimate of drug-likeness (QED) is 0.757. The van der Waals surface area contributed by atoms with Crippen LogP contribution in [-0.4, -0.2) is 23.6 Å². The van der Waals surface area contributed by atoms with E-state index in [4.69, 9.17) is 11.6 Å². The Balaban J connectivity index is 2.10. The monoisotopic (exact) mass is 345 g/mol. The van der Waals surface area contributed by atoms with Gasteiger partial charge in [0.05, 0.1) is 17.6 Å². The average Bonchev–Trinajstić information content (AvgIpc) is 2.53. The van der Waals surface area contributed by atoms with Crippen molar-refractivity contribution in [1.29, 1.82) is 0 Å². The standard InChI is InChI=1S/C15H15ClF3N3O/c1-10(22(2)14-8-5-12(9-16)20-21-14)11-3-6-13(7-4-11)23-15(17,18)19/h3-8,10H,9H2,1-2H3. The summed E-state index contributed by atoms with van der Waals surface area (Å²) in [6.07, 6.45) is -4.69. The molecule has 0 aliphatic carbocycles. The Bertz CT molecular complexity index is 632. The summed E-state index contributed by atoms with van der Waals surface area (Å²) in [4.78, 5) is 1.87. The maximum Gasteiger partial charge on any atom is 0.573 e. The predicted molar refractivity (Wildman–Crippen MR) is 81.5 cm³/mol. The second-order valence-electron chi connectivity index (χ2n) is 4.92. The molecular formula is C15H15ClF3N3O. The first kappa shape index (κ1) is 17.3. The van der Waals surface area contributed by atoms with Crippen LogP contribution in [0, 0.1) is 0 Å². The summed E-state index contributed by atoms with van der Waals surface area (Å²) in [5.74, 6) is 0.678. The number of nitrogens with zero attached hydrogens (tertiary/aromatic N) is 3. The summed E-state index contributed by atoms with van der Waals surface area (Å²) in [5.41, 5.74) is 1.50. The molecule has 0 amide bonds. The number of rotatable bonds is 5. The van der Waals surface area contributed by atoms with E-state index in [1.807, 2.05) is 18.9 Å². The van der Waals surface area contributed by atoms with E-state index in [2.05, 4.69) is 14.9 Å². The number of alkyl halides is 4. The minimum Gasteiger partial charge on any atom is -0.406 e. The number of hydrogen-bond donors (Lipinski definition) is 0.